The Hall–Kier alpha value is -1.06. The van der Waals surface area contributed by atoms with Gasteiger partial charge < -0.3 is 9.84 Å². The van der Waals surface area contributed by atoms with Gasteiger partial charge in [-0.25, -0.2) is 0 Å². The van der Waals surface area contributed by atoms with Crippen molar-refractivity contribution in [1.29, 1.82) is 0 Å². The number of ether oxygens (including phenoxy) is 1. The average Bonchev–Trinajstić information content (AvgIpc) is 2.31. The van der Waals surface area contributed by atoms with Crippen LogP contribution in [0.3, 0.4) is 0 Å². The number of carboxylic acids is 1. The first-order valence-electron chi connectivity index (χ1n) is 5.89. The second kappa shape index (κ2) is 6.21. The normalized spacial score (nSPS) is 13.3. The minimum absolute atomic E-state index is 0.305. The van der Waals surface area contributed by atoms with Crippen LogP contribution in [-0.4, -0.2) is 23.8 Å². The van der Waals surface area contributed by atoms with Gasteiger partial charge in [0, 0.05) is 12.1 Å². The van der Waals surface area contributed by atoms with Crippen molar-refractivity contribution in [3.8, 4) is 0 Å². The SMILES string of the molecule is COC(C)(C)CCC(C(=O)O)c1ccc(Cl)cc1. The van der Waals surface area contributed by atoms with Crippen molar-refractivity contribution in [2.24, 2.45) is 0 Å². The number of halogens is 1. The third kappa shape index (κ3) is 4.31. The molecule has 0 aliphatic heterocycles. The van der Waals surface area contributed by atoms with E-state index in [0.717, 1.165) is 5.56 Å². The summed E-state index contributed by atoms with van der Waals surface area (Å²) in [5.41, 5.74) is 0.471. The molecule has 1 aromatic rings. The number of hydrogen-bond donors (Lipinski definition) is 1. The van der Waals surface area contributed by atoms with Crippen molar-refractivity contribution in [2.45, 2.75) is 38.2 Å². The molecule has 1 unspecified atom stereocenters. The van der Waals surface area contributed by atoms with Crippen LogP contribution in [0.25, 0.3) is 0 Å². The lowest BCUT2D eigenvalue weighted by Gasteiger charge is -2.24. The third-order valence-corrected chi connectivity index (χ3v) is 3.41. The maximum absolute atomic E-state index is 11.3. The molecule has 0 heterocycles. The van der Waals surface area contributed by atoms with Crippen LogP contribution in [0, 0.1) is 0 Å². The van der Waals surface area contributed by atoms with Crippen molar-refractivity contribution in [3.63, 3.8) is 0 Å². The first-order chi connectivity index (χ1) is 8.35. The van der Waals surface area contributed by atoms with E-state index in [1.54, 1.807) is 31.4 Å². The van der Waals surface area contributed by atoms with E-state index >= 15 is 0 Å². The van der Waals surface area contributed by atoms with E-state index < -0.39 is 11.9 Å². The predicted molar refractivity (Wildman–Crippen MR) is 72.2 cm³/mol. The fourth-order valence-corrected chi connectivity index (χ4v) is 1.85. The van der Waals surface area contributed by atoms with Gasteiger partial charge in [-0.15, -0.1) is 0 Å². The lowest BCUT2D eigenvalue weighted by atomic mass is 9.90. The van der Waals surface area contributed by atoms with Crippen molar-refractivity contribution in [3.05, 3.63) is 34.9 Å². The Morgan fingerprint density at radius 1 is 1.39 bits per heavy atom. The molecule has 0 spiro atoms. The summed E-state index contributed by atoms with van der Waals surface area (Å²) in [6.07, 6.45) is 1.22. The molecule has 18 heavy (non-hydrogen) atoms. The van der Waals surface area contributed by atoms with Gasteiger partial charge in [0.25, 0.3) is 0 Å². The van der Waals surface area contributed by atoms with Gasteiger partial charge in [0.05, 0.1) is 11.5 Å². The molecule has 0 amide bonds. The molecule has 3 nitrogen and oxygen atoms in total. The standard InChI is InChI=1S/C14H19ClO3/c1-14(2,18-3)9-8-12(13(16)17)10-4-6-11(15)7-5-10/h4-7,12H,8-9H2,1-3H3,(H,16,17). The molecule has 4 heteroatoms. The van der Waals surface area contributed by atoms with E-state index in [1.807, 2.05) is 13.8 Å². The summed E-state index contributed by atoms with van der Waals surface area (Å²) in [5.74, 6) is -1.33. The van der Waals surface area contributed by atoms with Crippen LogP contribution in [0.15, 0.2) is 24.3 Å². The molecule has 0 aromatic heterocycles. The molecule has 0 radical (unpaired) electrons. The molecule has 1 aromatic carbocycles. The topological polar surface area (TPSA) is 46.5 Å². The summed E-state index contributed by atoms with van der Waals surface area (Å²) in [6.45, 7) is 3.90. The zero-order chi connectivity index (χ0) is 13.8. The predicted octanol–water partition coefficient (Wildman–Crippen LogP) is 3.71. The summed E-state index contributed by atoms with van der Waals surface area (Å²) in [5, 5.41) is 9.90. The molecule has 1 rings (SSSR count). The molecule has 0 saturated carbocycles. The van der Waals surface area contributed by atoms with Crippen LogP contribution in [0.4, 0.5) is 0 Å². The van der Waals surface area contributed by atoms with Gasteiger partial charge >= 0.3 is 5.97 Å². The fourth-order valence-electron chi connectivity index (χ4n) is 1.72. The largest absolute Gasteiger partial charge is 0.481 e. The Balaban J connectivity index is 2.78. The van der Waals surface area contributed by atoms with E-state index in [0.29, 0.717) is 17.9 Å². The number of benzene rings is 1. The van der Waals surface area contributed by atoms with Crippen LogP contribution in [0.2, 0.25) is 5.02 Å². The van der Waals surface area contributed by atoms with Crippen LogP contribution < -0.4 is 0 Å². The van der Waals surface area contributed by atoms with Gasteiger partial charge in [-0.2, -0.15) is 0 Å². The van der Waals surface area contributed by atoms with E-state index in [2.05, 4.69) is 0 Å². The quantitative estimate of drug-likeness (QED) is 0.857. The van der Waals surface area contributed by atoms with E-state index in [1.165, 1.54) is 0 Å². The Kier molecular flexibility index (Phi) is 5.17. The smallest absolute Gasteiger partial charge is 0.310 e. The maximum Gasteiger partial charge on any atom is 0.310 e. The average molecular weight is 271 g/mol. The molecule has 0 bridgehead atoms. The lowest BCUT2D eigenvalue weighted by Crippen LogP contribution is -2.24. The molecular formula is C14H19ClO3. The number of rotatable bonds is 6. The summed E-state index contributed by atoms with van der Waals surface area (Å²) in [7, 11) is 1.64. The Morgan fingerprint density at radius 2 is 1.94 bits per heavy atom. The molecule has 0 fully saturated rings. The number of hydrogen-bond acceptors (Lipinski definition) is 2. The molecule has 0 aliphatic carbocycles. The molecule has 0 aliphatic rings. The van der Waals surface area contributed by atoms with Gasteiger partial charge in [-0.05, 0) is 44.4 Å². The molecule has 0 saturated heterocycles. The number of carboxylic acid groups (broad SMARTS) is 1. The van der Waals surface area contributed by atoms with Crippen LogP contribution in [0.1, 0.15) is 38.2 Å². The van der Waals surface area contributed by atoms with Crippen molar-refractivity contribution in [2.75, 3.05) is 7.11 Å². The Bertz CT molecular complexity index is 398. The van der Waals surface area contributed by atoms with Gasteiger partial charge in [0.2, 0.25) is 0 Å². The van der Waals surface area contributed by atoms with Crippen LogP contribution in [-0.2, 0) is 9.53 Å². The Labute approximate surface area is 113 Å². The van der Waals surface area contributed by atoms with Gasteiger partial charge in [0.15, 0.2) is 0 Å². The summed E-state index contributed by atoms with van der Waals surface area (Å²) in [6, 6.07) is 6.96. The van der Waals surface area contributed by atoms with Crippen molar-refractivity contribution >= 4 is 17.6 Å². The first-order valence-corrected chi connectivity index (χ1v) is 6.27. The van der Waals surface area contributed by atoms with Crippen LogP contribution in [0.5, 0.6) is 0 Å². The van der Waals surface area contributed by atoms with Crippen molar-refractivity contribution < 1.29 is 14.6 Å². The maximum atomic E-state index is 11.3. The highest BCUT2D eigenvalue weighted by Gasteiger charge is 2.24. The second-order valence-electron chi connectivity index (χ2n) is 4.94. The van der Waals surface area contributed by atoms with Crippen molar-refractivity contribution in [1.82, 2.24) is 0 Å². The molecule has 100 valence electrons. The first kappa shape index (κ1) is 15.0. The second-order valence-corrected chi connectivity index (χ2v) is 5.38. The monoisotopic (exact) mass is 270 g/mol. The zero-order valence-electron chi connectivity index (χ0n) is 10.9. The molecule has 1 atom stereocenters. The minimum atomic E-state index is -0.816. The highest BCUT2D eigenvalue weighted by atomic mass is 35.5. The van der Waals surface area contributed by atoms with Gasteiger partial charge in [0.1, 0.15) is 0 Å². The fraction of sp³-hybridized carbons (Fsp3) is 0.500. The van der Waals surface area contributed by atoms with Gasteiger partial charge in [-0.3, -0.25) is 4.79 Å². The summed E-state index contributed by atoms with van der Waals surface area (Å²) >= 11 is 5.80. The number of aliphatic carboxylic acids is 1. The van der Waals surface area contributed by atoms with Gasteiger partial charge in [-0.1, -0.05) is 23.7 Å². The highest BCUT2D eigenvalue weighted by molar-refractivity contribution is 6.30. The number of carbonyl (C=O) groups is 1. The third-order valence-electron chi connectivity index (χ3n) is 3.16. The van der Waals surface area contributed by atoms with E-state index in [-0.39, 0.29) is 5.60 Å². The van der Waals surface area contributed by atoms with Crippen LogP contribution >= 0.6 is 11.6 Å². The summed E-state index contributed by atoms with van der Waals surface area (Å²) < 4.78 is 5.31. The molecular weight excluding hydrogens is 252 g/mol. The minimum Gasteiger partial charge on any atom is -0.481 e. The summed E-state index contributed by atoms with van der Waals surface area (Å²) in [4.78, 5) is 11.3. The van der Waals surface area contributed by atoms with E-state index in [4.69, 9.17) is 16.3 Å². The lowest BCUT2D eigenvalue weighted by molar-refractivity contribution is -0.139. The highest BCUT2D eigenvalue weighted by Crippen LogP contribution is 2.27. The Morgan fingerprint density at radius 3 is 2.39 bits per heavy atom. The van der Waals surface area contributed by atoms with E-state index in [9.17, 15) is 9.90 Å². The molecule has 1 N–H and O–H groups in total. The number of methoxy groups -OCH3 is 1. The zero-order valence-corrected chi connectivity index (χ0v) is 11.7.